The fraction of sp³-hybridized carbons (Fsp3) is 0.462. The molecule has 0 heterocycles. The molecule has 0 spiro atoms. The molecule has 1 rings (SSSR count). The van der Waals surface area contributed by atoms with Crippen LogP contribution in [-0.2, 0) is 14.6 Å². The highest BCUT2D eigenvalue weighted by Gasteiger charge is 2.07. The molecule has 0 bridgehead atoms. The zero-order valence-corrected chi connectivity index (χ0v) is 12.4. The highest BCUT2D eigenvalue weighted by atomic mass is 32.2. The molecular weight excluding hydrogens is 280 g/mol. The maximum atomic E-state index is 11.6. The van der Waals surface area contributed by atoms with Crippen molar-refractivity contribution in [3.8, 4) is 5.75 Å². The van der Waals surface area contributed by atoms with E-state index in [0.717, 1.165) is 6.26 Å². The standard InChI is InChI=1S/C13H20N2O4S/c1-10(14)8-13(16)15-11-4-3-5-12(9-11)19-6-7-20(2,17)18/h3-5,9-10H,6-8,14H2,1-2H3,(H,15,16). The Balaban J connectivity index is 2.55. The Labute approximate surface area is 119 Å². The van der Waals surface area contributed by atoms with E-state index in [-0.39, 0.29) is 30.7 Å². The molecule has 6 nitrogen and oxygen atoms in total. The highest BCUT2D eigenvalue weighted by Crippen LogP contribution is 2.17. The smallest absolute Gasteiger partial charge is 0.225 e. The van der Waals surface area contributed by atoms with Gasteiger partial charge in [0, 0.05) is 30.5 Å². The van der Waals surface area contributed by atoms with Crippen LogP contribution in [0.15, 0.2) is 24.3 Å². The van der Waals surface area contributed by atoms with Crippen molar-refractivity contribution in [2.24, 2.45) is 5.73 Å². The second-order valence-corrected chi connectivity index (χ2v) is 7.00. The van der Waals surface area contributed by atoms with Crippen molar-refractivity contribution in [1.29, 1.82) is 0 Å². The summed E-state index contributed by atoms with van der Waals surface area (Å²) in [6.07, 6.45) is 1.39. The maximum Gasteiger partial charge on any atom is 0.225 e. The van der Waals surface area contributed by atoms with Crippen molar-refractivity contribution in [1.82, 2.24) is 0 Å². The van der Waals surface area contributed by atoms with Gasteiger partial charge in [0.2, 0.25) is 5.91 Å². The van der Waals surface area contributed by atoms with Gasteiger partial charge in [-0.1, -0.05) is 6.07 Å². The molecule has 3 N–H and O–H groups in total. The van der Waals surface area contributed by atoms with Gasteiger partial charge in [-0.25, -0.2) is 8.42 Å². The summed E-state index contributed by atoms with van der Waals surface area (Å²) < 4.78 is 27.3. The monoisotopic (exact) mass is 300 g/mol. The second-order valence-electron chi connectivity index (χ2n) is 4.74. The SMILES string of the molecule is CC(N)CC(=O)Nc1cccc(OCCS(C)(=O)=O)c1. The Hall–Kier alpha value is -1.60. The van der Waals surface area contributed by atoms with Crippen molar-refractivity contribution in [3.05, 3.63) is 24.3 Å². The number of carbonyl (C=O) groups excluding carboxylic acids is 1. The predicted octanol–water partition coefficient (Wildman–Crippen LogP) is 0.786. The van der Waals surface area contributed by atoms with E-state index in [2.05, 4.69) is 5.32 Å². The molecule has 0 saturated carbocycles. The van der Waals surface area contributed by atoms with Gasteiger partial charge < -0.3 is 15.8 Å². The lowest BCUT2D eigenvalue weighted by Crippen LogP contribution is -2.23. The fourth-order valence-corrected chi connectivity index (χ4v) is 1.87. The molecule has 1 aromatic rings. The number of nitrogens with one attached hydrogen (secondary N) is 1. The van der Waals surface area contributed by atoms with Crippen LogP contribution in [-0.4, -0.2) is 39.0 Å². The molecule has 7 heteroatoms. The van der Waals surface area contributed by atoms with Gasteiger partial charge in [0.05, 0.1) is 5.75 Å². The number of carbonyl (C=O) groups is 1. The minimum Gasteiger partial charge on any atom is -0.492 e. The Kier molecular flexibility index (Phi) is 5.97. The number of amides is 1. The van der Waals surface area contributed by atoms with Crippen LogP contribution in [0, 0.1) is 0 Å². The molecule has 0 radical (unpaired) electrons. The lowest BCUT2D eigenvalue weighted by molar-refractivity contribution is -0.116. The summed E-state index contributed by atoms with van der Waals surface area (Å²) in [6.45, 7) is 1.83. The maximum absolute atomic E-state index is 11.6. The Morgan fingerprint density at radius 1 is 1.45 bits per heavy atom. The average Bonchev–Trinajstić information content (AvgIpc) is 2.26. The Bertz CT molecular complexity index is 555. The van der Waals surface area contributed by atoms with Crippen LogP contribution in [0.5, 0.6) is 5.75 Å². The molecule has 112 valence electrons. The van der Waals surface area contributed by atoms with Crippen molar-refractivity contribution in [2.45, 2.75) is 19.4 Å². The minimum absolute atomic E-state index is 0.0473. The quantitative estimate of drug-likeness (QED) is 0.775. The van der Waals surface area contributed by atoms with Crippen LogP contribution < -0.4 is 15.8 Å². The minimum atomic E-state index is -3.05. The number of nitrogens with two attached hydrogens (primary N) is 1. The van der Waals surface area contributed by atoms with E-state index in [1.807, 2.05) is 0 Å². The predicted molar refractivity (Wildman–Crippen MR) is 78.5 cm³/mol. The number of benzene rings is 1. The summed E-state index contributed by atoms with van der Waals surface area (Å²) in [6, 6.07) is 6.58. The normalized spacial score (nSPS) is 12.8. The molecule has 1 unspecified atom stereocenters. The lowest BCUT2D eigenvalue weighted by atomic mass is 10.2. The average molecular weight is 300 g/mol. The number of ether oxygens (including phenoxy) is 1. The van der Waals surface area contributed by atoms with Crippen LogP contribution in [0.4, 0.5) is 5.69 Å². The van der Waals surface area contributed by atoms with Crippen LogP contribution in [0.2, 0.25) is 0 Å². The Morgan fingerprint density at radius 2 is 2.15 bits per heavy atom. The molecule has 1 aromatic carbocycles. The van der Waals surface area contributed by atoms with Crippen LogP contribution in [0.3, 0.4) is 0 Å². The lowest BCUT2D eigenvalue weighted by Gasteiger charge is -2.10. The number of sulfone groups is 1. The van der Waals surface area contributed by atoms with Gasteiger partial charge >= 0.3 is 0 Å². The molecular formula is C13H20N2O4S. The molecule has 0 aliphatic rings. The van der Waals surface area contributed by atoms with E-state index < -0.39 is 9.84 Å². The first-order valence-electron chi connectivity index (χ1n) is 6.22. The van der Waals surface area contributed by atoms with Gasteiger partial charge in [0.1, 0.15) is 12.4 Å². The van der Waals surface area contributed by atoms with Gasteiger partial charge in [-0.3, -0.25) is 4.79 Å². The van der Waals surface area contributed by atoms with E-state index in [1.54, 1.807) is 31.2 Å². The summed E-state index contributed by atoms with van der Waals surface area (Å²) in [4.78, 5) is 11.6. The van der Waals surface area contributed by atoms with Crippen molar-refractivity contribution < 1.29 is 17.9 Å². The third-order valence-corrected chi connectivity index (χ3v) is 3.26. The molecule has 0 fully saturated rings. The van der Waals surface area contributed by atoms with Gasteiger partial charge in [-0.05, 0) is 19.1 Å². The molecule has 20 heavy (non-hydrogen) atoms. The van der Waals surface area contributed by atoms with Crippen LogP contribution in [0.1, 0.15) is 13.3 Å². The van der Waals surface area contributed by atoms with Crippen LogP contribution in [0.25, 0.3) is 0 Å². The van der Waals surface area contributed by atoms with Crippen LogP contribution >= 0.6 is 0 Å². The first kappa shape index (κ1) is 16.5. The molecule has 0 aliphatic heterocycles. The molecule has 1 amide bonds. The van der Waals surface area contributed by atoms with Gasteiger partial charge in [-0.2, -0.15) is 0 Å². The first-order chi connectivity index (χ1) is 9.26. The van der Waals surface area contributed by atoms with Crippen molar-refractivity contribution in [2.75, 3.05) is 23.9 Å². The highest BCUT2D eigenvalue weighted by molar-refractivity contribution is 7.90. The summed E-state index contributed by atoms with van der Waals surface area (Å²) in [5.41, 5.74) is 6.13. The molecule has 0 saturated heterocycles. The third-order valence-electron chi connectivity index (χ3n) is 2.35. The number of rotatable bonds is 7. The Morgan fingerprint density at radius 3 is 2.75 bits per heavy atom. The third kappa shape index (κ3) is 7.10. The van der Waals surface area contributed by atoms with Gasteiger partial charge in [0.15, 0.2) is 9.84 Å². The first-order valence-corrected chi connectivity index (χ1v) is 8.28. The summed E-state index contributed by atoms with van der Waals surface area (Å²) in [5.74, 6) is 0.286. The topological polar surface area (TPSA) is 98.5 Å². The van der Waals surface area contributed by atoms with E-state index in [1.165, 1.54) is 0 Å². The number of hydrogen-bond donors (Lipinski definition) is 2. The number of hydrogen-bond acceptors (Lipinski definition) is 5. The largest absolute Gasteiger partial charge is 0.492 e. The van der Waals surface area contributed by atoms with E-state index in [9.17, 15) is 13.2 Å². The fourth-order valence-electron chi connectivity index (χ4n) is 1.48. The van der Waals surface area contributed by atoms with E-state index >= 15 is 0 Å². The molecule has 1 atom stereocenters. The van der Waals surface area contributed by atoms with Gasteiger partial charge in [0.25, 0.3) is 0 Å². The van der Waals surface area contributed by atoms with Gasteiger partial charge in [-0.15, -0.1) is 0 Å². The van der Waals surface area contributed by atoms with E-state index in [4.69, 9.17) is 10.5 Å². The summed E-state index contributed by atoms with van der Waals surface area (Å²) in [7, 11) is -3.05. The second kappa shape index (κ2) is 7.25. The molecule has 0 aliphatic carbocycles. The van der Waals surface area contributed by atoms with E-state index in [0.29, 0.717) is 11.4 Å². The van der Waals surface area contributed by atoms with Crippen molar-refractivity contribution >= 4 is 21.4 Å². The zero-order chi connectivity index (χ0) is 15.2. The molecule has 0 aromatic heterocycles. The summed E-state index contributed by atoms with van der Waals surface area (Å²) in [5, 5.41) is 2.70. The van der Waals surface area contributed by atoms with Crippen molar-refractivity contribution in [3.63, 3.8) is 0 Å². The summed E-state index contributed by atoms with van der Waals surface area (Å²) >= 11 is 0. The zero-order valence-electron chi connectivity index (χ0n) is 11.6. The number of anilines is 1.